The number of nitrogens with one attached hydrogen (secondary N) is 1. The highest BCUT2D eigenvalue weighted by atomic mass is 32.5. The Balaban J connectivity index is 3.96. The number of rotatable bonds is 13. The van der Waals surface area contributed by atoms with Crippen LogP contribution < -0.4 is 5.32 Å². The Morgan fingerprint density at radius 2 is 2.00 bits per heavy atom. The maximum absolute atomic E-state index is 11.8. The molecule has 0 aliphatic heterocycles. The molecule has 0 heterocycles. The Kier molecular flexibility index (Phi) is 12.2. The van der Waals surface area contributed by atoms with Crippen LogP contribution in [-0.2, 0) is 30.4 Å². The highest BCUT2D eigenvalue weighted by Gasteiger charge is 2.17. The van der Waals surface area contributed by atoms with Gasteiger partial charge < -0.3 is 19.3 Å². The van der Waals surface area contributed by atoms with Crippen molar-refractivity contribution >= 4 is 30.2 Å². The van der Waals surface area contributed by atoms with E-state index < -0.39 is 6.72 Å². The second-order valence-corrected chi connectivity index (χ2v) is 8.01. The van der Waals surface area contributed by atoms with Gasteiger partial charge in [-0.3, -0.25) is 9.59 Å². The maximum Gasteiger partial charge on any atom is 0.324 e. The Hall–Kier alpha value is -0.770. The number of carbonyl (C=O) groups excluding carboxylic acids is 2. The summed E-state index contributed by atoms with van der Waals surface area (Å²) in [7, 11) is 1.28. The Labute approximate surface area is 143 Å². The number of carbonyl (C=O) groups is 2. The molecule has 0 bridgehead atoms. The van der Waals surface area contributed by atoms with E-state index in [1.165, 1.54) is 7.11 Å². The van der Waals surface area contributed by atoms with Gasteiger partial charge in [0.15, 0.2) is 0 Å². The smallest absolute Gasteiger partial charge is 0.324 e. The highest BCUT2D eigenvalue weighted by Crippen LogP contribution is 2.42. The van der Waals surface area contributed by atoms with Gasteiger partial charge in [0.2, 0.25) is 5.91 Å². The molecule has 0 aromatic carbocycles. The molecule has 0 rings (SSSR count). The molecule has 8 heteroatoms. The summed E-state index contributed by atoms with van der Waals surface area (Å²) in [5.74, 6) is 2.47. The van der Waals surface area contributed by atoms with Gasteiger partial charge in [-0.05, 0) is 31.1 Å². The second-order valence-electron chi connectivity index (χ2n) is 5.07. The van der Waals surface area contributed by atoms with Gasteiger partial charge in [-0.2, -0.15) is 0 Å². The lowest BCUT2D eigenvalue weighted by Gasteiger charge is -2.20. The van der Waals surface area contributed by atoms with Crippen molar-refractivity contribution in [2.24, 2.45) is 0 Å². The van der Waals surface area contributed by atoms with Crippen molar-refractivity contribution in [1.82, 2.24) is 5.32 Å². The molecule has 0 saturated heterocycles. The van der Waals surface area contributed by atoms with Crippen LogP contribution in [0.2, 0.25) is 0 Å². The molecule has 0 aliphatic carbocycles. The van der Waals surface area contributed by atoms with Crippen molar-refractivity contribution in [2.75, 3.05) is 13.7 Å². The van der Waals surface area contributed by atoms with Crippen LogP contribution in [0.1, 0.15) is 51.9 Å². The van der Waals surface area contributed by atoms with E-state index in [-0.39, 0.29) is 30.8 Å². The zero-order valence-corrected chi connectivity index (χ0v) is 15.5. The lowest BCUT2D eigenvalue weighted by atomic mass is 10.1. The summed E-state index contributed by atoms with van der Waals surface area (Å²) in [5.41, 5.74) is 0. The van der Waals surface area contributed by atoms with E-state index in [1.54, 1.807) is 0 Å². The molecule has 0 aliphatic rings. The molecule has 2 N–H and O–H groups in total. The average Bonchev–Trinajstić information content (AvgIpc) is 2.51. The minimum absolute atomic E-state index is 0.0921. The Morgan fingerprint density at radius 3 is 2.57 bits per heavy atom. The molecular formula is C15H26NO5PS. The fourth-order valence-electron chi connectivity index (χ4n) is 1.76. The van der Waals surface area contributed by atoms with Crippen LogP contribution >= 0.6 is 6.72 Å². The van der Waals surface area contributed by atoms with E-state index in [0.29, 0.717) is 38.5 Å². The first kappa shape index (κ1) is 22.2. The maximum atomic E-state index is 11.8. The summed E-state index contributed by atoms with van der Waals surface area (Å²) in [5, 5.41) is 2.79. The number of Topliss-reactive ketones (excluding diaryl/α,β-unsaturated/α-hetero) is 1. The summed E-state index contributed by atoms with van der Waals surface area (Å²) in [6.45, 7) is -1.23. The largest absolute Gasteiger partial charge is 0.351 e. The van der Waals surface area contributed by atoms with Crippen LogP contribution in [0.5, 0.6) is 0 Å². The van der Waals surface area contributed by atoms with Crippen LogP contribution in [0.3, 0.4) is 0 Å². The molecule has 0 aromatic rings. The van der Waals surface area contributed by atoms with Crippen molar-refractivity contribution in [3.63, 3.8) is 0 Å². The fraction of sp³-hybridized carbons (Fsp3) is 0.733. The number of amides is 1. The van der Waals surface area contributed by atoms with E-state index in [9.17, 15) is 14.5 Å². The zero-order valence-electron chi connectivity index (χ0n) is 13.7. The summed E-state index contributed by atoms with van der Waals surface area (Å²) in [6.07, 6.45) is 8.69. The standard InChI is InChI=1S/C15H26NO5PS/c1-4-6-7-9-14(17)10-8-11-15(18)16-13(5-2)12-21-22(19,23)20-3/h1,13H,5-12H2,2-3H3,(H,16,18)(H,19,23). The molecule has 23 heavy (non-hydrogen) atoms. The molecule has 2 atom stereocenters. The molecular weight excluding hydrogens is 337 g/mol. The molecule has 2 unspecified atom stereocenters. The SMILES string of the molecule is C#CCCCC(=O)CCCC(=O)NC(CC)COP(O)(=S)OC. The predicted molar refractivity (Wildman–Crippen MR) is 93.2 cm³/mol. The molecule has 0 fully saturated rings. The number of hydrogen-bond donors (Lipinski definition) is 2. The lowest BCUT2D eigenvalue weighted by Crippen LogP contribution is -2.37. The van der Waals surface area contributed by atoms with Gasteiger partial charge in [-0.25, -0.2) is 0 Å². The monoisotopic (exact) mass is 363 g/mol. The van der Waals surface area contributed by atoms with Gasteiger partial charge in [0.05, 0.1) is 12.6 Å². The highest BCUT2D eigenvalue weighted by molar-refractivity contribution is 8.07. The predicted octanol–water partition coefficient (Wildman–Crippen LogP) is 2.30. The first-order chi connectivity index (χ1) is 10.8. The minimum atomic E-state index is -3.21. The molecule has 132 valence electrons. The average molecular weight is 363 g/mol. The number of hydrogen-bond acceptors (Lipinski definition) is 5. The summed E-state index contributed by atoms with van der Waals surface area (Å²) in [4.78, 5) is 32.9. The Bertz CT molecular complexity index is 463. The molecule has 1 amide bonds. The topological polar surface area (TPSA) is 84.9 Å². The van der Waals surface area contributed by atoms with Crippen LogP contribution in [0.15, 0.2) is 0 Å². The molecule has 0 radical (unpaired) electrons. The summed E-state index contributed by atoms with van der Waals surface area (Å²) in [6, 6.07) is -0.251. The van der Waals surface area contributed by atoms with E-state index in [4.69, 9.17) is 22.8 Å². The first-order valence-corrected chi connectivity index (χ1v) is 10.2. The number of unbranched alkanes of at least 4 members (excludes halogenated alkanes) is 1. The third-order valence-corrected chi connectivity index (χ3v) is 4.86. The van der Waals surface area contributed by atoms with Gasteiger partial charge in [-0.15, -0.1) is 12.3 Å². The van der Waals surface area contributed by atoms with Crippen molar-refractivity contribution in [2.45, 2.75) is 57.9 Å². The van der Waals surface area contributed by atoms with Crippen LogP contribution in [-0.4, -0.2) is 36.3 Å². The third-order valence-electron chi connectivity index (χ3n) is 3.16. The summed E-state index contributed by atoms with van der Waals surface area (Å²) >= 11 is 4.73. The fourth-order valence-corrected chi connectivity index (χ4v) is 2.41. The quantitative estimate of drug-likeness (QED) is 0.297. The van der Waals surface area contributed by atoms with Gasteiger partial charge in [-0.1, -0.05) is 6.92 Å². The lowest BCUT2D eigenvalue weighted by molar-refractivity contribution is -0.122. The van der Waals surface area contributed by atoms with Crippen molar-refractivity contribution in [1.29, 1.82) is 0 Å². The van der Waals surface area contributed by atoms with Crippen LogP contribution in [0.25, 0.3) is 0 Å². The minimum Gasteiger partial charge on any atom is -0.351 e. The molecule has 0 spiro atoms. The van der Waals surface area contributed by atoms with Crippen LogP contribution in [0, 0.1) is 12.3 Å². The van der Waals surface area contributed by atoms with Crippen LogP contribution in [0.4, 0.5) is 0 Å². The van der Waals surface area contributed by atoms with Crippen molar-refractivity contribution in [3.8, 4) is 12.3 Å². The van der Waals surface area contributed by atoms with Crippen molar-refractivity contribution < 1.29 is 23.5 Å². The number of ketones is 1. The number of terminal acetylenes is 1. The van der Waals surface area contributed by atoms with Crippen molar-refractivity contribution in [3.05, 3.63) is 0 Å². The zero-order chi connectivity index (χ0) is 17.7. The first-order valence-electron chi connectivity index (χ1n) is 7.62. The van der Waals surface area contributed by atoms with E-state index in [2.05, 4.69) is 15.8 Å². The van der Waals surface area contributed by atoms with E-state index >= 15 is 0 Å². The van der Waals surface area contributed by atoms with Gasteiger partial charge >= 0.3 is 6.72 Å². The van der Waals surface area contributed by atoms with E-state index in [1.807, 2.05) is 6.92 Å². The second kappa shape index (κ2) is 12.6. The molecule has 0 aromatic heterocycles. The molecule has 6 nitrogen and oxygen atoms in total. The third kappa shape index (κ3) is 12.3. The summed E-state index contributed by atoms with van der Waals surface area (Å²) < 4.78 is 9.77. The van der Waals surface area contributed by atoms with Gasteiger partial charge in [0.1, 0.15) is 5.78 Å². The van der Waals surface area contributed by atoms with Gasteiger partial charge in [0.25, 0.3) is 0 Å². The van der Waals surface area contributed by atoms with Gasteiger partial charge in [0, 0.05) is 32.8 Å². The normalized spacial score (nSPS) is 14.5. The van der Waals surface area contributed by atoms with E-state index in [0.717, 1.165) is 0 Å². The molecule has 0 saturated carbocycles. The Morgan fingerprint density at radius 1 is 1.35 bits per heavy atom.